The first-order valence-electron chi connectivity index (χ1n) is 8.49. The van der Waals surface area contributed by atoms with Crippen molar-refractivity contribution < 1.29 is 17.7 Å². The van der Waals surface area contributed by atoms with E-state index in [1.165, 1.54) is 0 Å². The Bertz CT molecular complexity index is 397. The second kappa shape index (κ2) is 6.33. The fourth-order valence-corrected chi connectivity index (χ4v) is 12.6. The summed E-state index contributed by atoms with van der Waals surface area (Å²) in [6, 6.07) is 0.893. The largest absolute Gasteiger partial charge is 0.414 e. The van der Waals surface area contributed by atoms with Crippen molar-refractivity contribution in [1.82, 2.24) is 0 Å². The van der Waals surface area contributed by atoms with Crippen LogP contribution in [-0.4, -0.2) is 50.4 Å². The number of hydrogen-bond donors (Lipinski definition) is 0. The maximum atomic E-state index is 6.76. The van der Waals surface area contributed by atoms with Gasteiger partial charge < -0.3 is 17.7 Å². The second-order valence-electron chi connectivity index (χ2n) is 7.82. The SMILES string of the molecule is [B]C1(C)COC2CO[Si](C(C)C)(C(C)C)O[Si](C)(CC)OC21. The molecule has 2 fully saturated rings. The average molecular weight is 342 g/mol. The highest BCUT2D eigenvalue weighted by atomic mass is 28.5. The molecule has 22 heavy (non-hydrogen) atoms. The Morgan fingerprint density at radius 1 is 1.23 bits per heavy atom. The minimum atomic E-state index is -2.37. The summed E-state index contributed by atoms with van der Waals surface area (Å²) in [5, 5.41) is -0.474. The molecule has 0 aromatic heterocycles. The van der Waals surface area contributed by atoms with Crippen LogP contribution < -0.4 is 0 Å². The van der Waals surface area contributed by atoms with Crippen molar-refractivity contribution in [2.45, 2.75) is 82.7 Å². The third-order valence-corrected chi connectivity index (χ3v) is 13.9. The van der Waals surface area contributed by atoms with Gasteiger partial charge in [0.1, 0.15) is 6.10 Å². The molecule has 4 atom stereocenters. The molecule has 0 saturated carbocycles. The summed E-state index contributed by atoms with van der Waals surface area (Å²) in [6.45, 7) is 16.2. The van der Waals surface area contributed by atoms with E-state index >= 15 is 0 Å². The minimum absolute atomic E-state index is 0.0818. The molecule has 0 amide bonds. The predicted octanol–water partition coefficient (Wildman–Crippen LogP) is 3.52. The lowest BCUT2D eigenvalue weighted by Gasteiger charge is -2.48. The summed E-state index contributed by atoms with van der Waals surface area (Å²) in [6.07, 6.45) is -0.225. The topological polar surface area (TPSA) is 36.9 Å². The van der Waals surface area contributed by atoms with Gasteiger partial charge in [-0.15, -0.1) is 0 Å². The van der Waals surface area contributed by atoms with Gasteiger partial charge in [-0.1, -0.05) is 41.5 Å². The van der Waals surface area contributed by atoms with E-state index in [1.54, 1.807) is 0 Å². The van der Waals surface area contributed by atoms with Crippen molar-refractivity contribution >= 4 is 25.0 Å². The summed E-state index contributed by atoms with van der Waals surface area (Å²) < 4.78 is 25.7. The van der Waals surface area contributed by atoms with Crippen molar-refractivity contribution in [3.63, 3.8) is 0 Å². The second-order valence-corrected chi connectivity index (χ2v) is 15.9. The standard InChI is InChI=1S/C15H31BO4Si2/c1-8-21(7)19-14-13(17-10-15(14,6)16)9-18-22(20-21,11(2)3)12(4)5/h11-14H,8-10H2,1-7H3. The molecule has 4 unspecified atom stereocenters. The Kier molecular flexibility index (Phi) is 5.37. The fourth-order valence-electron chi connectivity index (χ4n) is 3.49. The smallest absolute Gasteiger partial charge is 0.334 e. The number of rotatable bonds is 3. The van der Waals surface area contributed by atoms with E-state index in [0.717, 1.165) is 6.04 Å². The Hall–Kier alpha value is 0.339. The Balaban J connectivity index is 2.37. The number of fused-ring (bicyclic) bond motifs is 1. The summed E-state index contributed by atoms with van der Waals surface area (Å²) in [4.78, 5) is 0. The molecule has 2 rings (SSSR count). The zero-order valence-electron chi connectivity index (χ0n) is 15.1. The summed E-state index contributed by atoms with van der Waals surface area (Å²) in [7, 11) is 1.67. The van der Waals surface area contributed by atoms with E-state index in [-0.39, 0.29) is 12.2 Å². The van der Waals surface area contributed by atoms with Gasteiger partial charge in [-0.2, -0.15) is 0 Å². The molecule has 0 spiro atoms. The van der Waals surface area contributed by atoms with Gasteiger partial charge in [0.15, 0.2) is 0 Å². The molecule has 4 nitrogen and oxygen atoms in total. The van der Waals surface area contributed by atoms with Crippen LogP contribution in [-0.2, 0) is 17.7 Å². The lowest BCUT2D eigenvalue weighted by molar-refractivity contribution is -0.0173. The van der Waals surface area contributed by atoms with Crippen LogP contribution in [0.3, 0.4) is 0 Å². The molecule has 2 aliphatic rings. The molecule has 2 aliphatic heterocycles. The van der Waals surface area contributed by atoms with Gasteiger partial charge >= 0.3 is 17.1 Å². The monoisotopic (exact) mass is 342 g/mol. The molecule has 2 heterocycles. The van der Waals surface area contributed by atoms with Crippen molar-refractivity contribution in [3.8, 4) is 0 Å². The summed E-state index contributed by atoms with van der Waals surface area (Å²) >= 11 is 0. The molecule has 0 aromatic rings. The highest BCUT2D eigenvalue weighted by Crippen LogP contribution is 2.46. The number of ether oxygens (including phenoxy) is 1. The molecule has 0 aliphatic carbocycles. The quantitative estimate of drug-likeness (QED) is 0.736. The molecule has 2 radical (unpaired) electrons. The Labute approximate surface area is 139 Å². The molecule has 7 heteroatoms. The first-order chi connectivity index (χ1) is 10.1. The zero-order chi connectivity index (χ0) is 16.8. The van der Waals surface area contributed by atoms with Crippen molar-refractivity contribution in [2.24, 2.45) is 0 Å². The molecule has 0 bridgehead atoms. The van der Waals surface area contributed by atoms with Crippen LogP contribution in [0.1, 0.15) is 41.5 Å². The van der Waals surface area contributed by atoms with Crippen LogP contribution in [0, 0.1) is 0 Å². The maximum Gasteiger partial charge on any atom is 0.334 e. The van der Waals surface area contributed by atoms with E-state index < -0.39 is 22.4 Å². The first kappa shape index (κ1) is 18.7. The van der Waals surface area contributed by atoms with E-state index in [9.17, 15) is 0 Å². The fraction of sp³-hybridized carbons (Fsp3) is 1.00. The highest BCUT2D eigenvalue weighted by molar-refractivity contribution is 6.82. The number of hydrogen-bond acceptors (Lipinski definition) is 4. The van der Waals surface area contributed by atoms with E-state index in [2.05, 4.69) is 41.2 Å². The van der Waals surface area contributed by atoms with Gasteiger partial charge in [0.2, 0.25) is 0 Å². The van der Waals surface area contributed by atoms with E-state index in [4.69, 9.17) is 25.6 Å². The predicted molar refractivity (Wildman–Crippen MR) is 93.8 cm³/mol. The summed E-state index contributed by atoms with van der Waals surface area (Å²) in [5.74, 6) is 0. The van der Waals surface area contributed by atoms with Gasteiger partial charge in [0.25, 0.3) is 0 Å². The third kappa shape index (κ3) is 3.26. The Morgan fingerprint density at radius 3 is 2.32 bits per heavy atom. The molecule has 0 aromatic carbocycles. The third-order valence-electron chi connectivity index (χ3n) is 5.07. The molecule has 0 N–H and O–H groups in total. The van der Waals surface area contributed by atoms with Gasteiger partial charge in [-0.25, -0.2) is 0 Å². The average Bonchev–Trinajstić information content (AvgIpc) is 2.67. The lowest BCUT2D eigenvalue weighted by Crippen LogP contribution is -2.62. The van der Waals surface area contributed by atoms with Crippen LogP contribution in [0.2, 0.25) is 29.0 Å². The summed E-state index contributed by atoms with van der Waals surface area (Å²) in [5.41, 5.74) is 0.744. The van der Waals surface area contributed by atoms with Gasteiger partial charge in [-0.05, 0) is 29.0 Å². The minimum Gasteiger partial charge on any atom is -0.414 e. The molecule has 126 valence electrons. The van der Waals surface area contributed by atoms with Crippen LogP contribution in [0.4, 0.5) is 0 Å². The molecule has 2 saturated heterocycles. The van der Waals surface area contributed by atoms with Crippen molar-refractivity contribution in [1.29, 1.82) is 0 Å². The normalized spacial score (nSPS) is 42.2. The van der Waals surface area contributed by atoms with E-state index in [0.29, 0.717) is 24.3 Å². The van der Waals surface area contributed by atoms with Crippen LogP contribution in [0.5, 0.6) is 0 Å². The van der Waals surface area contributed by atoms with Gasteiger partial charge in [0, 0.05) is 6.61 Å². The van der Waals surface area contributed by atoms with Crippen LogP contribution in [0.25, 0.3) is 0 Å². The van der Waals surface area contributed by atoms with Gasteiger partial charge in [-0.3, -0.25) is 0 Å². The Morgan fingerprint density at radius 2 is 1.82 bits per heavy atom. The van der Waals surface area contributed by atoms with E-state index in [1.807, 2.05) is 6.92 Å². The molecular formula is C15H31BO4Si2. The van der Waals surface area contributed by atoms with Gasteiger partial charge in [0.05, 0.1) is 20.6 Å². The van der Waals surface area contributed by atoms with Crippen LogP contribution in [0.15, 0.2) is 0 Å². The van der Waals surface area contributed by atoms with Crippen molar-refractivity contribution in [2.75, 3.05) is 13.2 Å². The lowest BCUT2D eigenvalue weighted by atomic mass is 9.67. The first-order valence-corrected chi connectivity index (χ1v) is 13.0. The van der Waals surface area contributed by atoms with Crippen molar-refractivity contribution in [3.05, 3.63) is 0 Å². The zero-order valence-corrected chi connectivity index (χ0v) is 17.1. The maximum absolute atomic E-state index is 6.76. The highest BCUT2D eigenvalue weighted by Gasteiger charge is 2.56. The van der Waals surface area contributed by atoms with Crippen LogP contribution >= 0.6 is 0 Å². The molecular weight excluding hydrogens is 311 g/mol.